The predicted molar refractivity (Wildman–Crippen MR) is 129 cm³/mol. The second kappa shape index (κ2) is 14.6. The zero-order valence-electron chi connectivity index (χ0n) is 20.3. The van der Waals surface area contributed by atoms with Crippen LogP contribution in [0.4, 0.5) is 0 Å². The molecule has 0 bridgehead atoms. The summed E-state index contributed by atoms with van der Waals surface area (Å²) in [7, 11) is 0. The highest BCUT2D eigenvalue weighted by Gasteiger charge is 2.24. The van der Waals surface area contributed by atoms with E-state index in [1.807, 2.05) is 19.1 Å². The first-order chi connectivity index (χ1) is 15.5. The van der Waals surface area contributed by atoms with Gasteiger partial charge >= 0.3 is 5.97 Å². The first-order valence-electron chi connectivity index (χ1n) is 11.6. The van der Waals surface area contributed by atoms with Gasteiger partial charge in [0, 0.05) is 12.1 Å². The van der Waals surface area contributed by atoms with E-state index in [1.165, 1.54) is 17.4 Å². The lowest BCUT2D eigenvalue weighted by atomic mass is 9.99. The first-order valence-corrected chi connectivity index (χ1v) is 11.6. The SMILES string of the molecule is CC(=O)C(O)C(O)C/C(C)=C\CCC(C)/C=C/C=C(\C)CCCC1=CCN(CC(=O)O)C1=O. The Labute approximate surface area is 197 Å². The fourth-order valence-corrected chi connectivity index (χ4v) is 3.64. The molecule has 184 valence electrons. The van der Waals surface area contributed by atoms with Crippen molar-refractivity contribution in [2.45, 2.75) is 78.4 Å². The average Bonchev–Trinajstić information content (AvgIpc) is 3.06. The smallest absolute Gasteiger partial charge is 0.323 e. The molecule has 0 aromatic rings. The van der Waals surface area contributed by atoms with Gasteiger partial charge in [0.25, 0.3) is 0 Å². The highest BCUT2D eigenvalue weighted by molar-refractivity contribution is 5.97. The molecule has 3 N–H and O–H groups in total. The molecule has 0 fully saturated rings. The number of nitrogens with zero attached hydrogens (tertiary/aromatic N) is 1. The Morgan fingerprint density at radius 1 is 1.18 bits per heavy atom. The molecule has 0 aromatic carbocycles. The highest BCUT2D eigenvalue weighted by Crippen LogP contribution is 2.19. The second-order valence-electron chi connectivity index (χ2n) is 8.99. The van der Waals surface area contributed by atoms with Crippen LogP contribution in [0.25, 0.3) is 0 Å². The van der Waals surface area contributed by atoms with Gasteiger partial charge in [-0.05, 0) is 65.2 Å². The van der Waals surface area contributed by atoms with Crippen molar-refractivity contribution in [2.24, 2.45) is 5.92 Å². The number of aliphatic carboxylic acids is 1. The summed E-state index contributed by atoms with van der Waals surface area (Å²) in [5.74, 6) is -1.20. The Bertz CT molecular complexity index is 808. The maximum atomic E-state index is 12.1. The number of allylic oxidation sites excluding steroid dienone is 5. The van der Waals surface area contributed by atoms with Crippen LogP contribution in [0.5, 0.6) is 0 Å². The van der Waals surface area contributed by atoms with Gasteiger partial charge in [0.1, 0.15) is 12.6 Å². The second-order valence-corrected chi connectivity index (χ2v) is 8.99. The summed E-state index contributed by atoms with van der Waals surface area (Å²) >= 11 is 0. The quantitative estimate of drug-likeness (QED) is 0.254. The maximum absolute atomic E-state index is 12.1. The van der Waals surface area contributed by atoms with Crippen molar-refractivity contribution in [1.29, 1.82) is 0 Å². The number of carbonyl (C=O) groups excluding carboxylic acids is 2. The van der Waals surface area contributed by atoms with E-state index >= 15 is 0 Å². The van der Waals surface area contributed by atoms with E-state index in [2.05, 4.69) is 32.1 Å². The number of carbonyl (C=O) groups is 3. The van der Waals surface area contributed by atoms with E-state index < -0.39 is 24.0 Å². The van der Waals surface area contributed by atoms with E-state index in [4.69, 9.17) is 5.11 Å². The molecule has 0 saturated carbocycles. The van der Waals surface area contributed by atoms with Crippen molar-refractivity contribution < 1.29 is 29.7 Å². The summed E-state index contributed by atoms with van der Waals surface area (Å²) in [6, 6.07) is 0. The Balaban J connectivity index is 2.31. The van der Waals surface area contributed by atoms with E-state index in [9.17, 15) is 24.6 Å². The third-order valence-corrected chi connectivity index (χ3v) is 5.71. The normalized spacial score (nSPS) is 17.9. The van der Waals surface area contributed by atoms with Crippen molar-refractivity contribution in [3.63, 3.8) is 0 Å². The minimum atomic E-state index is -1.33. The number of hydrogen-bond acceptors (Lipinski definition) is 5. The van der Waals surface area contributed by atoms with Gasteiger partial charge in [-0.3, -0.25) is 14.4 Å². The van der Waals surface area contributed by atoms with Crippen molar-refractivity contribution in [3.8, 4) is 0 Å². The van der Waals surface area contributed by atoms with Crippen LogP contribution in [-0.2, 0) is 14.4 Å². The molecule has 1 aliphatic rings. The van der Waals surface area contributed by atoms with Gasteiger partial charge in [0.05, 0.1) is 6.10 Å². The highest BCUT2D eigenvalue weighted by atomic mass is 16.4. The van der Waals surface area contributed by atoms with Gasteiger partial charge in [-0.1, -0.05) is 48.5 Å². The van der Waals surface area contributed by atoms with Crippen LogP contribution in [0.2, 0.25) is 0 Å². The molecular formula is C26H39NO6. The standard InChI is InChI=1S/C26H39NO6/c1-18(10-6-12-20(3)16-23(29)25(32)21(4)28)8-5-9-19(2)11-7-13-22-14-15-27(26(22)33)17-24(30)31/h5,8-9,12,14,18,23,25,29,32H,6-7,10-11,13,15-17H2,1-4H3,(H,30,31)/b8-5+,19-9+,20-12-. The zero-order valence-corrected chi connectivity index (χ0v) is 20.3. The van der Waals surface area contributed by atoms with Crippen molar-refractivity contribution in [2.75, 3.05) is 13.1 Å². The van der Waals surface area contributed by atoms with Gasteiger partial charge in [-0.2, -0.15) is 0 Å². The van der Waals surface area contributed by atoms with E-state index in [0.717, 1.165) is 31.3 Å². The van der Waals surface area contributed by atoms with Crippen LogP contribution in [0.1, 0.15) is 66.2 Å². The number of ketones is 1. The van der Waals surface area contributed by atoms with E-state index in [1.54, 1.807) is 0 Å². The molecule has 7 heteroatoms. The summed E-state index contributed by atoms with van der Waals surface area (Å²) in [6.45, 7) is 7.48. The van der Waals surface area contributed by atoms with Crippen LogP contribution >= 0.6 is 0 Å². The molecule has 0 saturated heterocycles. The molecule has 3 atom stereocenters. The Kier molecular flexibility index (Phi) is 12.6. The molecule has 1 heterocycles. The van der Waals surface area contributed by atoms with Crippen LogP contribution in [0.15, 0.2) is 47.1 Å². The fourth-order valence-electron chi connectivity index (χ4n) is 3.64. The Morgan fingerprint density at radius 2 is 1.88 bits per heavy atom. The van der Waals surface area contributed by atoms with Crippen molar-refractivity contribution in [3.05, 3.63) is 47.1 Å². The summed E-state index contributed by atoms with van der Waals surface area (Å²) in [6.07, 6.45) is 12.2. The van der Waals surface area contributed by atoms with Crippen LogP contribution in [-0.4, -0.2) is 63.2 Å². The van der Waals surface area contributed by atoms with Crippen LogP contribution < -0.4 is 0 Å². The Hall–Kier alpha value is -2.51. The molecule has 0 aliphatic carbocycles. The number of aliphatic hydroxyl groups excluding tert-OH is 2. The molecular weight excluding hydrogens is 422 g/mol. The maximum Gasteiger partial charge on any atom is 0.323 e. The number of amides is 1. The first kappa shape index (κ1) is 28.5. The summed E-state index contributed by atoms with van der Waals surface area (Å²) < 4.78 is 0. The molecule has 0 radical (unpaired) electrons. The van der Waals surface area contributed by atoms with Crippen molar-refractivity contribution >= 4 is 17.7 Å². The van der Waals surface area contributed by atoms with Gasteiger partial charge in [0.2, 0.25) is 5.91 Å². The largest absolute Gasteiger partial charge is 0.480 e. The van der Waals surface area contributed by atoms with Gasteiger partial charge in [-0.15, -0.1) is 0 Å². The van der Waals surface area contributed by atoms with Crippen molar-refractivity contribution in [1.82, 2.24) is 4.90 Å². The van der Waals surface area contributed by atoms with E-state index in [0.29, 0.717) is 24.5 Å². The number of aliphatic hydroxyl groups is 2. The van der Waals surface area contributed by atoms with Crippen LogP contribution in [0.3, 0.4) is 0 Å². The number of rotatable bonds is 15. The number of carboxylic acids is 1. The summed E-state index contributed by atoms with van der Waals surface area (Å²) in [4.78, 5) is 35.4. The lowest BCUT2D eigenvalue weighted by Crippen LogP contribution is -2.32. The topological polar surface area (TPSA) is 115 Å². The molecule has 0 aromatic heterocycles. The molecule has 1 aliphatic heterocycles. The molecule has 1 amide bonds. The minimum Gasteiger partial charge on any atom is -0.480 e. The predicted octanol–water partition coefficient (Wildman–Crippen LogP) is 3.58. The van der Waals surface area contributed by atoms with Gasteiger partial charge in [-0.25, -0.2) is 0 Å². The monoisotopic (exact) mass is 461 g/mol. The molecule has 1 rings (SSSR count). The summed E-state index contributed by atoms with van der Waals surface area (Å²) in [5.41, 5.74) is 2.89. The van der Waals surface area contributed by atoms with Gasteiger partial charge < -0.3 is 20.2 Å². The van der Waals surface area contributed by atoms with Crippen LogP contribution in [0, 0.1) is 5.92 Å². The molecule has 0 spiro atoms. The summed E-state index contributed by atoms with van der Waals surface area (Å²) in [5, 5.41) is 28.2. The third-order valence-electron chi connectivity index (χ3n) is 5.71. The number of hydrogen-bond donors (Lipinski definition) is 3. The van der Waals surface area contributed by atoms with E-state index in [-0.39, 0.29) is 18.9 Å². The fraction of sp³-hybridized carbons (Fsp3) is 0.577. The average molecular weight is 462 g/mol. The zero-order chi connectivity index (χ0) is 25.0. The lowest BCUT2D eigenvalue weighted by molar-refractivity contribution is -0.142. The third kappa shape index (κ3) is 11.3. The lowest BCUT2D eigenvalue weighted by Gasteiger charge is -2.15. The van der Waals surface area contributed by atoms with Gasteiger partial charge in [0.15, 0.2) is 5.78 Å². The Morgan fingerprint density at radius 3 is 2.52 bits per heavy atom. The molecule has 33 heavy (non-hydrogen) atoms. The minimum absolute atomic E-state index is 0.165. The molecule has 3 unspecified atom stereocenters. The number of Topliss-reactive ketones (excluding diaryl/α,β-unsaturated/α-hetero) is 1. The number of carboxylic acid groups (broad SMARTS) is 1. The molecule has 7 nitrogen and oxygen atoms in total.